The van der Waals surface area contributed by atoms with Crippen molar-refractivity contribution >= 4 is 23.5 Å². The van der Waals surface area contributed by atoms with E-state index in [1.165, 1.54) is 6.07 Å². The van der Waals surface area contributed by atoms with Gasteiger partial charge in [-0.15, -0.1) is 0 Å². The maximum absolute atomic E-state index is 13.9. The molecule has 0 aromatic heterocycles. The van der Waals surface area contributed by atoms with Crippen LogP contribution in [0.25, 0.3) is 0 Å². The van der Waals surface area contributed by atoms with Crippen molar-refractivity contribution in [2.45, 2.75) is 23.0 Å². The Balaban J connectivity index is 1.90. The van der Waals surface area contributed by atoms with Gasteiger partial charge in [-0.25, -0.2) is 8.78 Å². The van der Waals surface area contributed by atoms with Crippen molar-refractivity contribution < 1.29 is 8.78 Å². The van der Waals surface area contributed by atoms with Crippen LogP contribution in [0.1, 0.15) is 22.3 Å². The van der Waals surface area contributed by atoms with Crippen LogP contribution < -0.4 is 0 Å². The van der Waals surface area contributed by atoms with Crippen molar-refractivity contribution in [3.8, 4) is 0 Å². The first-order valence-corrected chi connectivity index (χ1v) is 8.73. The van der Waals surface area contributed by atoms with Gasteiger partial charge in [0, 0.05) is 23.0 Å². The predicted octanol–water partition coefficient (Wildman–Crippen LogP) is 5.15. The summed E-state index contributed by atoms with van der Waals surface area (Å²) in [6.07, 6.45) is 0. The number of hydrogen-bond acceptors (Lipinski definition) is 2. The van der Waals surface area contributed by atoms with E-state index in [0.29, 0.717) is 17.3 Å². The second-order valence-corrected chi connectivity index (χ2v) is 6.81. The zero-order chi connectivity index (χ0) is 13.9. The van der Waals surface area contributed by atoms with Gasteiger partial charge < -0.3 is 0 Å². The third-order valence-electron chi connectivity index (χ3n) is 3.28. The smallest absolute Gasteiger partial charge is 0.127 e. The highest BCUT2D eigenvalue weighted by Gasteiger charge is 2.09. The normalized spacial score (nSPS) is 15.3. The van der Waals surface area contributed by atoms with E-state index in [0.717, 1.165) is 28.0 Å². The Kier molecular flexibility index (Phi) is 4.32. The van der Waals surface area contributed by atoms with Crippen molar-refractivity contribution in [1.29, 1.82) is 0 Å². The number of fused-ring (bicyclic) bond motifs is 6. The van der Waals surface area contributed by atoms with Gasteiger partial charge in [0.2, 0.25) is 0 Å². The van der Waals surface area contributed by atoms with E-state index in [-0.39, 0.29) is 11.6 Å². The quantitative estimate of drug-likeness (QED) is 0.660. The van der Waals surface area contributed by atoms with Crippen LogP contribution in [0.5, 0.6) is 0 Å². The van der Waals surface area contributed by atoms with Crippen molar-refractivity contribution in [1.82, 2.24) is 0 Å². The molecule has 0 aliphatic carbocycles. The Morgan fingerprint density at radius 2 is 1.30 bits per heavy atom. The van der Waals surface area contributed by atoms with E-state index < -0.39 is 0 Å². The Labute approximate surface area is 126 Å². The minimum atomic E-state index is -0.151. The molecule has 4 rings (SSSR count). The molecule has 0 spiro atoms. The van der Waals surface area contributed by atoms with E-state index in [9.17, 15) is 8.78 Å². The van der Waals surface area contributed by atoms with Gasteiger partial charge in [0.15, 0.2) is 0 Å². The molecule has 2 aromatic rings. The SMILES string of the molecule is Fc1cc2ccc1CSCc1ccc(F)c(c1)CSC2. The number of benzene rings is 2. The summed E-state index contributed by atoms with van der Waals surface area (Å²) < 4.78 is 27.7. The average molecular weight is 308 g/mol. The van der Waals surface area contributed by atoms with Gasteiger partial charge in [0.05, 0.1) is 0 Å². The molecule has 2 aliphatic rings. The van der Waals surface area contributed by atoms with E-state index in [1.807, 2.05) is 24.3 Å². The second-order valence-electron chi connectivity index (χ2n) is 4.84. The molecule has 2 aromatic carbocycles. The molecule has 104 valence electrons. The highest BCUT2D eigenvalue weighted by molar-refractivity contribution is 7.98. The van der Waals surface area contributed by atoms with Gasteiger partial charge in [0.1, 0.15) is 11.6 Å². The predicted molar refractivity (Wildman–Crippen MR) is 82.8 cm³/mol. The van der Waals surface area contributed by atoms with Gasteiger partial charge in [0.25, 0.3) is 0 Å². The lowest BCUT2D eigenvalue weighted by atomic mass is 10.1. The number of hydrogen-bond donors (Lipinski definition) is 0. The Morgan fingerprint density at radius 1 is 0.650 bits per heavy atom. The summed E-state index contributed by atoms with van der Waals surface area (Å²) in [7, 11) is 0. The highest BCUT2D eigenvalue weighted by Crippen LogP contribution is 2.27. The van der Waals surface area contributed by atoms with Crippen molar-refractivity contribution in [2.24, 2.45) is 0 Å². The topological polar surface area (TPSA) is 0 Å². The van der Waals surface area contributed by atoms with E-state index in [2.05, 4.69) is 0 Å². The molecule has 2 heterocycles. The molecule has 20 heavy (non-hydrogen) atoms. The molecule has 0 radical (unpaired) electrons. The molecular weight excluding hydrogens is 294 g/mol. The molecule has 0 saturated carbocycles. The minimum absolute atomic E-state index is 0.132. The van der Waals surface area contributed by atoms with Gasteiger partial charge in [-0.2, -0.15) is 23.5 Å². The summed E-state index contributed by atoms with van der Waals surface area (Å²) in [6, 6.07) is 10.7. The second kappa shape index (κ2) is 6.19. The van der Waals surface area contributed by atoms with E-state index in [1.54, 1.807) is 29.6 Å². The average Bonchev–Trinajstić information content (AvgIpc) is 2.45. The maximum atomic E-state index is 13.9. The minimum Gasteiger partial charge on any atom is -0.207 e. The summed E-state index contributed by atoms with van der Waals surface area (Å²) in [5.41, 5.74) is 3.54. The van der Waals surface area contributed by atoms with Gasteiger partial charge >= 0.3 is 0 Å². The first kappa shape index (κ1) is 14.0. The Morgan fingerprint density at radius 3 is 2.05 bits per heavy atom. The molecule has 0 amide bonds. The fraction of sp³-hybridized carbons (Fsp3) is 0.250. The molecule has 2 aliphatic heterocycles. The maximum Gasteiger partial charge on any atom is 0.127 e. The van der Waals surface area contributed by atoms with Crippen LogP contribution in [0.4, 0.5) is 8.78 Å². The van der Waals surface area contributed by atoms with Crippen molar-refractivity contribution in [3.05, 3.63) is 70.3 Å². The lowest BCUT2D eigenvalue weighted by Crippen LogP contribution is -1.91. The molecule has 0 fully saturated rings. The molecule has 4 heteroatoms. The highest BCUT2D eigenvalue weighted by atomic mass is 32.2. The summed E-state index contributed by atoms with van der Waals surface area (Å²) in [5.74, 6) is 2.46. The lowest BCUT2D eigenvalue weighted by molar-refractivity contribution is 0.615. The lowest BCUT2D eigenvalue weighted by Gasteiger charge is -2.06. The Bertz CT molecular complexity index is 626. The van der Waals surface area contributed by atoms with Crippen LogP contribution in [0.15, 0.2) is 36.4 Å². The largest absolute Gasteiger partial charge is 0.207 e. The standard InChI is InChI=1S/C16H14F2S2/c17-15-4-2-11-5-14(15)10-20-8-12-1-3-13(9-19-7-11)16(18)6-12/h1-6H,7-10H2. The third-order valence-corrected chi connectivity index (χ3v) is 5.39. The van der Waals surface area contributed by atoms with Crippen LogP contribution in [0.2, 0.25) is 0 Å². The van der Waals surface area contributed by atoms with Gasteiger partial charge in [-0.1, -0.05) is 24.3 Å². The van der Waals surface area contributed by atoms with E-state index >= 15 is 0 Å². The summed E-state index contributed by atoms with van der Waals surface area (Å²) >= 11 is 3.27. The van der Waals surface area contributed by atoms with Crippen LogP contribution in [0.3, 0.4) is 0 Å². The fourth-order valence-corrected chi connectivity index (χ4v) is 4.11. The van der Waals surface area contributed by atoms with Gasteiger partial charge in [-0.3, -0.25) is 0 Å². The molecule has 0 saturated heterocycles. The third kappa shape index (κ3) is 3.18. The first-order valence-electron chi connectivity index (χ1n) is 6.42. The summed E-state index contributed by atoms with van der Waals surface area (Å²) in [4.78, 5) is 0. The molecule has 0 atom stereocenters. The number of halogens is 2. The van der Waals surface area contributed by atoms with Crippen molar-refractivity contribution in [3.63, 3.8) is 0 Å². The van der Waals surface area contributed by atoms with Crippen LogP contribution in [-0.2, 0) is 23.0 Å². The van der Waals surface area contributed by atoms with Crippen LogP contribution in [0, 0.1) is 11.6 Å². The number of thioether (sulfide) groups is 2. The molecule has 0 N–H and O–H groups in total. The van der Waals surface area contributed by atoms with Gasteiger partial charge in [-0.05, 0) is 34.4 Å². The molecular formula is C16H14F2S2. The monoisotopic (exact) mass is 308 g/mol. The molecule has 0 unspecified atom stereocenters. The number of rotatable bonds is 0. The Hall–Kier alpha value is -1.00. The van der Waals surface area contributed by atoms with Crippen LogP contribution in [-0.4, -0.2) is 0 Å². The zero-order valence-corrected chi connectivity index (χ0v) is 12.5. The molecule has 4 bridgehead atoms. The first-order chi connectivity index (χ1) is 9.72. The molecule has 0 nitrogen and oxygen atoms in total. The zero-order valence-electron chi connectivity index (χ0n) is 10.9. The van der Waals surface area contributed by atoms with Crippen molar-refractivity contribution in [2.75, 3.05) is 0 Å². The van der Waals surface area contributed by atoms with Crippen LogP contribution >= 0.6 is 23.5 Å². The van der Waals surface area contributed by atoms with E-state index in [4.69, 9.17) is 0 Å². The summed E-state index contributed by atoms with van der Waals surface area (Å²) in [5, 5.41) is 0. The summed E-state index contributed by atoms with van der Waals surface area (Å²) in [6.45, 7) is 0. The fourth-order valence-electron chi connectivity index (χ4n) is 2.18.